The van der Waals surface area contributed by atoms with Crippen LogP contribution in [0, 0.1) is 0 Å². The highest BCUT2D eigenvalue weighted by Gasteiger charge is 2.35. The maximum atomic E-state index is 12.2. The minimum atomic E-state index is -3.32. The van der Waals surface area contributed by atoms with Crippen molar-refractivity contribution in [3.05, 3.63) is 35.9 Å². The van der Waals surface area contributed by atoms with Crippen molar-refractivity contribution in [2.24, 2.45) is 0 Å². The van der Waals surface area contributed by atoms with Crippen molar-refractivity contribution in [1.29, 1.82) is 0 Å². The highest BCUT2D eigenvalue weighted by molar-refractivity contribution is 7.88. The summed E-state index contributed by atoms with van der Waals surface area (Å²) in [6.07, 6.45) is 2.51. The number of hydrogen-bond donors (Lipinski definition) is 1. The van der Waals surface area contributed by atoms with E-state index in [2.05, 4.69) is 4.72 Å². The average Bonchev–Trinajstić information content (AvgIpc) is 2.47. The van der Waals surface area contributed by atoms with Crippen LogP contribution in [0.4, 0.5) is 0 Å². The molecule has 1 N–H and O–H groups in total. The molecule has 6 heteroatoms. The predicted octanol–water partition coefficient (Wildman–Crippen LogP) is 1.44. The van der Waals surface area contributed by atoms with Crippen LogP contribution < -0.4 is 4.72 Å². The largest absolute Gasteiger partial charge is 0.373 e. The van der Waals surface area contributed by atoms with Gasteiger partial charge in [0.15, 0.2) is 0 Å². The van der Waals surface area contributed by atoms with Crippen LogP contribution in [0.5, 0.6) is 0 Å². The number of benzene rings is 1. The smallest absolute Gasteiger partial charge is 0.216 e. The Bertz CT molecular complexity index is 560. The lowest BCUT2D eigenvalue weighted by molar-refractivity contribution is -0.156. The number of fused-ring (bicyclic) bond motifs is 1. The van der Waals surface area contributed by atoms with Gasteiger partial charge in [0, 0.05) is 6.04 Å². The summed E-state index contributed by atoms with van der Waals surface area (Å²) in [6.45, 7) is 1.25. The molecule has 1 aliphatic carbocycles. The standard InChI is InChI=1S/C15H21NO4S/c17-21(18,11-12-4-2-1-3-5-12)16-13-6-7-14-15(10-13)20-9-8-19-14/h1-5,13-16H,6-11H2. The third-order valence-corrected chi connectivity index (χ3v) is 5.43. The number of hydrogen-bond acceptors (Lipinski definition) is 4. The maximum Gasteiger partial charge on any atom is 0.216 e. The minimum absolute atomic E-state index is 0.0236. The van der Waals surface area contributed by atoms with E-state index in [1.807, 2.05) is 30.3 Å². The molecule has 116 valence electrons. The summed E-state index contributed by atoms with van der Waals surface area (Å²) >= 11 is 0. The quantitative estimate of drug-likeness (QED) is 0.914. The Morgan fingerprint density at radius 2 is 1.76 bits per heavy atom. The molecule has 2 fully saturated rings. The number of ether oxygens (including phenoxy) is 2. The number of sulfonamides is 1. The third-order valence-electron chi connectivity index (χ3n) is 4.02. The predicted molar refractivity (Wildman–Crippen MR) is 79.3 cm³/mol. The molecule has 0 radical (unpaired) electrons. The zero-order chi connectivity index (χ0) is 14.7. The van der Waals surface area contributed by atoms with Crippen LogP contribution in [0.25, 0.3) is 0 Å². The zero-order valence-corrected chi connectivity index (χ0v) is 12.7. The van der Waals surface area contributed by atoms with Gasteiger partial charge in [-0.3, -0.25) is 0 Å². The van der Waals surface area contributed by atoms with Crippen LogP contribution in [-0.2, 0) is 25.2 Å². The maximum absolute atomic E-state index is 12.2. The number of nitrogens with one attached hydrogen (secondary N) is 1. The van der Waals surface area contributed by atoms with Gasteiger partial charge in [0.25, 0.3) is 0 Å². The van der Waals surface area contributed by atoms with Crippen LogP contribution in [-0.4, -0.2) is 39.9 Å². The van der Waals surface area contributed by atoms with Gasteiger partial charge in [-0.05, 0) is 24.8 Å². The average molecular weight is 311 g/mol. The number of rotatable bonds is 4. The van der Waals surface area contributed by atoms with Crippen LogP contribution in [0.15, 0.2) is 30.3 Å². The van der Waals surface area contributed by atoms with Crippen molar-refractivity contribution >= 4 is 10.0 Å². The summed E-state index contributed by atoms with van der Waals surface area (Å²) in [5.41, 5.74) is 0.802. The molecule has 3 unspecified atom stereocenters. The van der Waals surface area contributed by atoms with Gasteiger partial charge in [-0.1, -0.05) is 30.3 Å². The lowest BCUT2D eigenvalue weighted by Crippen LogP contribution is -2.49. The van der Waals surface area contributed by atoms with E-state index in [0.29, 0.717) is 19.6 Å². The van der Waals surface area contributed by atoms with Crippen molar-refractivity contribution < 1.29 is 17.9 Å². The molecule has 0 spiro atoms. The topological polar surface area (TPSA) is 64.6 Å². The lowest BCUT2D eigenvalue weighted by atomic mass is 9.90. The van der Waals surface area contributed by atoms with Crippen LogP contribution in [0.1, 0.15) is 24.8 Å². The molecule has 3 atom stereocenters. The van der Waals surface area contributed by atoms with Crippen molar-refractivity contribution in [2.75, 3.05) is 13.2 Å². The Kier molecular flexibility index (Phi) is 4.59. The molecule has 1 heterocycles. The van der Waals surface area contributed by atoms with Gasteiger partial charge in [-0.15, -0.1) is 0 Å². The summed E-state index contributed by atoms with van der Waals surface area (Å²) in [7, 11) is -3.32. The van der Waals surface area contributed by atoms with Gasteiger partial charge in [0.05, 0.1) is 31.2 Å². The lowest BCUT2D eigenvalue weighted by Gasteiger charge is -2.38. The van der Waals surface area contributed by atoms with Gasteiger partial charge >= 0.3 is 0 Å². The van der Waals surface area contributed by atoms with Crippen molar-refractivity contribution in [3.63, 3.8) is 0 Å². The molecule has 3 rings (SSSR count). The first kappa shape index (κ1) is 15.0. The summed E-state index contributed by atoms with van der Waals surface area (Å²) in [4.78, 5) is 0. The van der Waals surface area contributed by atoms with E-state index in [1.165, 1.54) is 0 Å². The fourth-order valence-corrected chi connectivity index (χ4v) is 4.50. The molecule has 1 aromatic rings. The van der Waals surface area contributed by atoms with Gasteiger partial charge in [0.1, 0.15) is 0 Å². The van der Waals surface area contributed by atoms with E-state index in [1.54, 1.807) is 0 Å². The molecule has 5 nitrogen and oxygen atoms in total. The highest BCUT2D eigenvalue weighted by atomic mass is 32.2. The molecule has 2 aliphatic rings. The first-order valence-corrected chi connectivity index (χ1v) is 9.05. The summed E-state index contributed by atoms with van der Waals surface area (Å²) < 4.78 is 38.6. The molecule has 0 bridgehead atoms. The Morgan fingerprint density at radius 3 is 2.52 bits per heavy atom. The second kappa shape index (κ2) is 6.44. The van der Waals surface area contributed by atoms with Gasteiger partial charge in [-0.2, -0.15) is 0 Å². The fraction of sp³-hybridized carbons (Fsp3) is 0.600. The molecular formula is C15H21NO4S. The van der Waals surface area contributed by atoms with Gasteiger partial charge < -0.3 is 9.47 Å². The normalized spacial score (nSPS) is 29.8. The van der Waals surface area contributed by atoms with Gasteiger partial charge in [-0.25, -0.2) is 13.1 Å². The highest BCUT2D eigenvalue weighted by Crippen LogP contribution is 2.27. The van der Waals surface area contributed by atoms with E-state index < -0.39 is 10.0 Å². The Morgan fingerprint density at radius 1 is 1.05 bits per heavy atom. The molecule has 21 heavy (non-hydrogen) atoms. The summed E-state index contributed by atoms with van der Waals surface area (Å²) in [6, 6.07) is 9.18. The van der Waals surface area contributed by atoms with Crippen molar-refractivity contribution in [2.45, 2.75) is 43.3 Å². The molecule has 0 amide bonds. The van der Waals surface area contributed by atoms with Gasteiger partial charge in [0.2, 0.25) is 10.0 Å². The second-order valence-electron chi connectivity index (χ2n) is 5.69. The molecule has 1 saturated carbocycles. The Balaban J connectivity index is 1.58. The van der Waals surface area contributed by atoms with E-state index in [9.17, 15) is 8.42 Å². The van der Waals surface area contributed by atoms with E-state index >= 15 is 0 Å². The second-order valence-corrected chi connectivity index (χ2v) is 7.44. The minimum Gasteiger partial charge on any atom is -0.373 e. The Hall–Kier alpha value is -0.950. The monoisotopic (exact) mass is 311 g/mol. The molecule has 0 aromatic heterocycles. The molecule has 1 saturated heterocycles. The summed E-state index contributed by atoms with van der Waals surface area (Å²) in [5.74, 6) is 0.0236. The van der Waals surface area contributed by atoms with Crippen molar-refractivity contribution in [3.8, 4) is 0 Å². The van der Waals surface area contributed by atoms with Crippen LogP contribution >= 0.6 is 0 Å². The van der Waals surface area contributed by atoms with Crippen LogP contribution in [0.3, 0.4) is 0 Å². The SMILES string of the molecule is O=S(=O)(Cc1ccccc1)NC1CCC2OCCOC2C1. The van der Waals surface area contributed by atoms with Crippen molar-refractivity contribution in [1.82, 2.24) is 4.72 Å². The first-order chi connectivity index (χ1) is 10.1. The van der Waals surface area contributed by atoms with E-state index in [4.69, 9.17) is 9.47 Å². The molecule has 1 aromatic carbocycles. The zero-order valence-electron chi connectivity index (χ0n) is 11.9. The van der Waals surface area contributed by atoms with Crippen LogP contribution in [0.2, 0.25) is 0 Å². The molecular weight excluding hydrogens is 290 g/mol. The first-order valence-electron chi connectivity index (χ1n) is 7.39. The summed E-state index contributed by atoms with van der Waals surface area (Å²) in [5, 5.41) is 0. The van der Waals surface area contributed by atoms with E-state index in [0.717, 1.165) is 18.4 Å². The fourth-order valence-electron chi connectivity index (χ4n) is 3.06. The molecule has 1 aliphatic heterocycles. The third kappa shape index (κ3) is 4.03. The van der Waals surface area contributed by atoms with E-state index in [-0.39, 0.29) is 24.0 Å². The Labute approximate surface area is 125 Å².